The van der Waals surface area contributed by atoms with Gasteiger partial charge in [-0.1, -0.05) is 37.3 Å². The summed E-state index contributed by atoms with van der Waals surface area (Å²) >= 11 is 12.1. The molecule has 0 bridgehead atoms. The van der Waals surface area contributed by atoms with Gasteiger partial charge in [0.05, 0.1) is 0 Å². The normalized spacial score (nSPS) is 31.6. The number of hydrogen-bond donors (Lipinski definition) is 0. The van der Waals surface area contributed by atoms with Crippen molar-refractivity contribution < 1.29 is 0 Å². The van der Waals surface area contributed by atoms with Crippen LogP contribution in [0.4, 0.5) is 0 Å². The van der Waals surface area contributed by atoms with Gasteiger partial charge in [-0.25, -0.2) is 0 Å². The van der Waals surface area contributed by atoms with Crippen LogP contribution in [0.2, 0.25) is 0 Å². The number of alkyl halides is 2. The van der Waals surface area contributed by atoms with E-state index in [0.29, 0.717) is 0 Å². The van der Waals surface area contributed by atoms with E-state index in [4.69, 9.17) is 23.2 Å². The minimum Gasteiger partial charge on any atom is -0.101 e. The fourth-order valence-electron chi connectivity index (χ4n) is 1.52. The highest BCUT2D eigenvalue weighted by molar-refractivity contribution is 6.52. The third kappa shape index (κ3) is 1.06. The Balaban J connectivity index is 2.35. The van der Waals surface area contributed by atoms with Gasteiger partial charge in [-0.3, -0.25) is 0 Å². The fourth-order valence-corrected chi connectivity index (χ4v) is 2.27. The van der Waals surface area contributed by atoms with Gasteiger partial charge >= 0.3 is 0 Å². The molecule has 0 radical (unpaired) electrons. The summed E-state index contributed by atoms with van der Waals surface area (Å²) in [5.41, 5.74) is 1.20. The highest BCUT2D eigenvalue weighted by Gasteiger charge is 2.63. The second kappa shape index (κ2) is 2.40. The fraction of sp³-hybridized carbons (Fsp3) is 0.400. The van der Waals surface area contributed by atoms with E-state index >= 15 is 0 Å². The molecule has 2 heteroatoms. The van der Waals surface area contributed by atoms with E-state index in [9.17, 15) is 0 Å². The lowest BCUT2D eigenvalue weighted by Crippen LogP contribution is -2.09. The average molecular weight is 201 g/mol. The van der Waals surface area contributed by atoms with Crippen molar-refractivity contribution in [3.63, 3.8) is 0 Å². The van der Waals surface area contributed by atoms with Crippen LogP contribution in [0.25, 0.3) is 0 Å². The van der Waals surface area contributed by atoms with Crippen molar-refractivity contribution in [2.24, 2.45) is 0 Å². The maximum Gasteiger partial charge on any atom is 0.128 e. The lowest BCUT2D eigenvalue weighted by atomic mass is 9.99. The molecular weight excluding hydrogens is 191 g/mol. The van der Waals surface area contributed by atoms with Gasteiger partial charge in [-0.2, -0.15) is 0 Å². The highest BCUT2D eigenvalue weighted by Crippen LogP contribution is 2.64. The molecule has 0 unspecified atom stereocenters. The van der Waals surface area contributed by atoms with E-state index in [-0.39, 0.29) is 5.41 Å². The molecule has 1 aromatic carbocycles. The Morgan fingerprint density at radius 1 is 1.17 bits per heavy atom. The third-order valence-corrected chi connectivity index (χ3v) is 3.77. The summed E-state index contributed by atoms with van der Waals surface area (Å²) in [6.45, 7) is 2.10. The summed E-state index contributed by atoms with van der Waals surface area (Å²) in [5, 5.41) is 0. The molecule has 0 N–H and O–H groups in total. The quantitative estimate of drug-likeness (QED) is 0.609. The Bertz CT molecular complexity index is 292. The zero-order valence-corrected chi connectivity index (χ0v) is 8.36. The van der Waals surface area contributed by atoms with Gasteiger partial charge in [0.2, 0.25) is 0 Å². The smallest absolute Gasteiger partial charge is 0.101 e. The van der Waals surface area contributed by atoms with Crippen LogP contribution in [0.5, 0.6) is 0 Å². The van der Waals surface area contributed by atoms with E-state index in [1.807, 2.05) is 18.2 Å². The zero-order valence-electron chi connectivity index (χ0n) is 6.85. The summed E-state index contributed by atoms with van der Waals surface area (Å²) in [4.78, 5) is 0. The molecule has 12 heavy (non-hydrogen) atoms. The number of rotatable bonds is 1. The van der Waals surface area contributed by atoms with Crippen molar-refractivity contribution in [1.29, 1.82) is 0 Å². The van der Waals surface area contributed by atoms with Crippen LogP contribution in [0.3, 0.4) is 0 Å². The molecule has 1 aliphatic carbocycles. The SMILES string of the molecule is C[C@]1(c2ccccc2)CC1(Cl)Cl. The van der Waals surface area contributed by atoms with Crippen LogP contribution in [0.15, 0.2) is 30.3 Å². The summed E-state index contributed by atoms with van der Waals surface area (Å²) < 4.78 is -0.547. The Labute approximate surface area is 82.5 Å². The lowest BCUT2D eigenvalue weighted by Gasteiger charge is -2.11. The van der Waals surface area contributed by atoms with E-state index in [1.54, 1.807) is 0 Å². The van der Waals surface area contributed by atoms with Crippen molar-refractivity contribution in [3.05, 3.63) is 35.9 Å². The molecule has 1 fully saturated rings. The molecule has 0 aromatic heterocycles. The van der Waals surface area contributed by atoms with Gasteiger partial charge in [-0.15, -0.1) is 23.2 Å². The number of hydrogen-bond acceptors (Lipinski definition) is 0. The molecule has 0 spiro atoms. The summed E-state index contributed by atoms with van der Waals surface area (Å²) in [7, 11) is 0. The molecule has 1 atom stereocenters. The molecule has 64 valence electrons. The van der Waals surface area contributed by atoms with Crippen molar-refractivity contribution in [3.8, 4) is 0 Å². The Hall–Kier alpha value is -0.200. The Morgan fingerprint density at radius 3 is 2.08 bits per heavy atom. The van der Waals surface area contributed by atoms with Gasteiger partial charge in [0, 0.05) is 5.41 Å². The van der Waals surface area contributed by atoms with Crippen molar-refractivity contribution >= 4 is 23.2 Å². The predicted octanol–water partition coefficient (Wildman–Crippen LogP) is 3.52. The minimum absolute atomic E-state index is 0.0304. The predicted molar refractivity (Wildman–Crippen MR) is 52.8 cm³/mol. The van der Waals surface area contributed by atoms with Crippen LogP contribution in [-0.2, 0) is 5.41 Å². The first-order chi connectivity index (χ1) is 5.56. The van der Waals surface area contributed by atoms with Crippen molar-refractivity contribution in [2.75, 3.05) is 0 Å². The maximum atomic E-state index is 6.05. The monoisotopic (exact) mass is 200 g/mol. The molecule has 2 rings (SSSR count). The first-order valence-electron chi connectivity index (χ1n) is 4.00. The second-order valence-electron chi connectivity index (χ2n) is 3.58. The standard InChI is InChI=1S/C10H10Cl2/c1-9(7-10(9,11)12)8-5-3-2-4-6-8/h2-6H,7H2,1H3/t9-/m1/s1. The molecule has 0 aliphatic heterocycles. The molecule has 1 aromatic rings. The molecule has 0 heterocycles. The molecule has 1 aliphatic rings. The number of halogens is 2. The molecular formula is C10H10Cl2. The lowest BCUT2D eigenvalue weighted by molar-refractivity contribution is 0.774. The molecule has 0 amide bonds. The first kappa shape index (κ1) is 8.40. The van der Waals surface area contributed by atoms with Crippen LogP contribution in [0.1, 0.15) is 18.9 Å². The molecule has 1 saturated carbocycles. The molecule has 0 saturated heterocycles. The maximum absolute atomic E-state index is 6.05. The first-order valence-corrected chi connectivity index (χ1v) is 4.75. The third-order valence-electron chi connectivity index (χ3n) is 2.67. The van der Waals surface area contributed by atoms with Gasteiger partial charge in [0.25, 0.3) is 0 Å². The minimum atomic E-state index is -0.547. The van der Waals surface area contributed by atoms with Crippen LogP contribution in [0, 0.1) is 0 Å². The Morgan fingerprint density at radius 2 is 1.67 bits per heavy atom. The largest absolute Gasteiger partial charge is 0.128 e. The second-order valence-corrected chi connectivity index (χ2v) is 5.06. The van der Waals surface area contributed by atoms with Gasteiger partial charge < -0.3 is 0 Å². The summed E-state index contributed by atoms with van der Waals surface area (Å²) in [6.07, 6.45) is 0.854. The topological polar surface area (TPSA) is 0 Å². The van der Waals surface area contributed by atoms with Gasteiger partial charge in [0.1, 0.15) is 4.33 Å². The summed E-state index contributed by atoms with van der Waals surface area (Å²) in [5.74, 6) is 0. The van der Waals surface area contributed by atoms with Crippen LogP contribution >= 0.6 is 23.2 Å². The zero-order chi connectivity index (χ0) is 8.82. The summed E-state index contributed by atoms with van der Waals surface area (Å²) in [6, 6.07) is 10.2. The van der Waals surface area contributed by atoms with E-state index in [1.165, 1.54) is 5.56 Å². The average Bonchev–Trinajstić information content (AvgIpc) is 2.55. The highest BCUT2D eigenvalue weighted by atomic mass is 35.5. The van der Waals surface area contributed by atoms with Gasteiger partial charge in [0.15, 0.2) is 0 Å². The Kier molecular flexibility index (Phi) is 1.68. The molecule has 0 nitrogen and oxygen atoms in total. The number of benzene rings is 1. The van der Waals surface area contributed by atoms with E-state index in [2.05, 4.69) is 19.1 Å². The van der Waals surface area contributed by atoms with Gasteiger partial charge in [-0.05, 0) is 12.0 Å². The van der Waals surface area contributed by atoms with Crippen molar-refractivity contribution in [2.45, 2.75) is 23.1 Å². The van der Waals surface area contributed by atoms with Crippen LogP contribution in [-0.4, -0.2) is 4.33 Å². The van der Waals surface area contributed by atoms with E-state index < -0.39 is 4.33 Å². The van der Waals surface area contributed by atoms with E-state index in [0.717, 1.165) is 6.42 Å². The van der Waals surface area contributed by atoms with Crippen LogP contribution < -0.4 is 0 Å². The van der Waals surface area contributed by atoms with Crippen molar-refractivity contribution in [1.82, 2.24) is 0 Å².